The minimum atomic E-state index is -4.65. The van der Waals surface area contributed by atoms with Gasteiger partial charge in [-0.25, -0.2) is 8.78 Å². The number of hydrogen-bond acceptors (Lipinski definition) is 3. The van der Waals surface area contributed by atoms with E-state index in [2.05, 4.69) is 0 Å². The number of amides is 1. The molecule has 0 radical (unpaired) electrons. The average molecular weight is 245 g/mol. The minimum Gasteiger partial charge on any atom is -0.337 e. The Balaban J connectivity index is 2.52. The standard InChI is InChI=1S/C7H10F3NO3S/c8-6(9)3-11-2-5(1-7(11)12)4-15(10,13)14/h5-6H,1-4H2. The van der Waals surface area contributed by atoms with Crippen LogP contribution in [0.15, 0.2) is 0 Å². The molecule has 1 atom stereocenters. The number of rotatable bonds is 4. The normalized spacial score (nSPS) is 22.8. The molecule has 1 rings (SSSR count). The number of halogens is 3. The molecule has 0 aromatic heterocycles. The molecule has 0 saturated carbocycles. The van der Waals surface area contributed by atoms with E-state index in [9.17, 15) is 25.9 Å². The summed E-state index contributed by atoms with van der Waals surface area (Å²) < 4.78 is 56.7. The van der Waals surface area contributed by atoms with Crippen LogP contribution in [0.2, 0.25) is 0 Å². The fourth-order valence-electron chi connectivity index (χ4n) is 1.59. The molecule has 0 bridgehead atoms. The smallest absolute Gasteiger partial charge is 0.302 e. The van der Waals surface area contributed by atoms with Crippen molar-refractivity contribution >= 4 is 16.1 Å². The molecule has 1 heterocycles. The lowest BCUT2D eigenvalue weighted by Gasteiger charge is -2.15. The molecule has 0 aromatic rings. The Morgan fingerprint density at radius 1 is 1.47 bits per heavy atom. The van der Waals surface area contributed by atoms with Crippen LogP contribution in [0, 0.1) is 5.92 Å². The van der Waals surface area contributed by atoms with Crippen molar-refractivity contribution in [2.45, 2.75) is 12.8 Å². The minimum absolute atomic E-state index is 0.119. The van der Waals surface area contributed by atoms with E-state index in [1.807, 2.05) is 0 Å². The number of alkyl halides is 2. The van der Waals surface area contributed by atoms with Crippen molar-refractivity contribution in [3.63, 3.8) is 0 Å². The molecule has 0 aliphatic carbocycles. The van der Waals surface area contributed by atoms with Gasteiger partial charge < -0.3 is 4.90 Å². The molecule has 1 aliphatic rings. The van der Waals surface area contributed by atoms with Crippen LogP contribution in [0.25, 0.3) is 0 Å². The highest BCUT2D eigenvalue weighted by atomic mass is 32.3. The van der Waals surface area contributed by atoms with Crippen molar-refractivity contribution in [2.24, 2.45) is 5.92 Å². The molecule has 0 spiro atoms. The van der Waals surface area contributed by atoms with E-state index in [0.717, 1.165) is 4.90 Å². The van der Waals surface area contributed by atoms with Crippen molar-refractivity contribution in [3.05, 3.63) is 0 Å². The van der Waals surface area contributed by atoms with Crippen molar-refractivity contribution in [1.29, 1.82) is 0 Å². The summed E-state index contributed by atoms with van der Waals surface area (Å²) in [5, 5.41) is 0. The van der Waals surface area contributed by atoms with E-state index in [1.54, 1.807) is 0 Å². The Hall–Kier alpha value is -0.790. The molecule has 1 aliphatic heterocycles. The Labute approximate surface area is 85.3 Å². The van der Waals surface area contributed by atoms with Gasteiger partial charge in [0.25, 0.3) is 6.43 Å². The zero-order valence-corrected chi connectivity index (χ0v) is 8.51. The molecule has 0 N–H and O–H groups in total. The molecule has 15 heavy (non-hydrogen) atoms. The van der Waals surface area contributed by atoms with Crippen molar-refractivity contribution in [3.8, 4) is 0 Å². The van der Waals surface area contributed by atoms with E-state index in [1.165, 1.54) is 0 Å². The van der Waals surface area contributed by atoms with Gasteiger partial charge >= 0.3 is 10.2 Å². The third kappa shape index (κ3) is 4.06. The number of carbonyl (C=O) groups is 1. The van der Waals surface area contributed by atoms with Crippen LogP contribution in [0.4, 0.5) is 12.7 Å². The Kier molecular flexibility index (Phi) is 3.58. The van der Waals surface area contributed by atoms with Crippen LogP contribution in [-0.4, -0.2) is 44.5 Å². The Morgan fingerprint density at radius 2 is 2.07 bits per heavy atom. The molecule has 8 heteroatoms. The third-order valence-electron chi connectivity index (χ3n) is 2.09. The van der Waals surface area contributed by atoms with E-state index >= 15 is 0 Å². The highest BCUT2D eigenvalue weighted by Gasteiger charge is 2.33. The predicted octanol–water partition coefficient (Wildman–Crippen LogP) is 0.399. The van der Waals surface area contributed by atoms with Crippen molar-refractivity contribution < 1.29 is 25.9 Å². The largest absolute Gasteiger partial charge is 0.337 e. The summed E-state index contributed by atoms with van der Waals surface area (Å²) in [6, 6.07) is 0. The van der Waals surface area contributed by atoms with Gasteiger partial charge in [0.05, 0.1) is 12.3 Å². The summed E-state index contributed by atoms with van der Waals surface area (Å²) >= 11 is 0. The first-order valence-corrected chi connectivity index (χ1v) is 5.81. The summed E-state index contributed by atoms with van der Waals surface area (Å²) in [7, 11) is -4.65. The monoisotopic (exact) mass is 245 g/mol. The van der Waals surface area contributed by atoms with Gasteiger partial charge in [-0.1, -0.05) is 0 Å². The van der Waals surface area contributed by atoms with Gasteiger partial charge in [0.1, 0.15) is 0 Å². The first kappa shape index (κ1) is 12.3. The lowest BCUT2D eigenvalue weighted by atomic mass is 10.1. The topological polar surface area (TPSA) is 54.5 Å². The highest BCUT2D eigenvalue weighted by Crippen LogP contribution is 2.20. The maximum Gasteiger partial charge on any atom is 0.302 e. The summed E-state index contributed by atoms with van der Waals surface area (Å²) in [6.45, 7) is -0.839. The quantitative estimate of drug-likeness (QED) is 0.674. The predicted molar refractivity (Wildman–Crippen MR) is 45.6 cm³/mol. The maximum atomic E-state index is 12.3. The molecule has 4 nitrogen and oxygen atoms in total. The number of nitrogens with zero attached hydrogens (tertiary/aromatic N) is 1. The fourth-order valence-corrected chi connectivity index (χ4v) is 2.38. The molecule has 1 amide bonds. The van der Waals surface area contributed by atoms with Crippen LogP contribution in [0.3, 0.4) is 0 Å². The molecular weight excluding hydrogens is 235 g/mol. The van der Waals surface area contributed by atoms with Crippen molar-refractivity contribution in [1.82, 2.24) is 4.90 Å². The van der Waals surface area contributed by atoms with Gasteiger partial charge in [-0.3, -0.25) is 4.79 Å². The SMILES string of the molecule is O=C1CC(CS(=O)(=O)F)CN1CC(F)F. The molecule has 1 fully saturated rings. The summed E-state index contributed by atoms with van der Waals surface area (Å²) in [5.74, 6) is -2.05. The number of carbonyl (C=O) groups excluding carboxylic acids is 1. The molecule has 88 valence electrons. The summed E-state index contributed by atoms with van der Waals surface area (Å²) in [5.41, 5.74) is 0. The Morgan fingerprint density at radius 3 is 2.53 bits per heavy atom. The molecule has 0 aromatic carbocycles. The zero-order chi connectivity index (χ0) is 11.6. The molecular formula is C7H10F3NO3S. The maximum absolute atomic E-state index is 12.3. The van der Waals surface area contributed by atoms with Gasteiger partial charge in [-0.15, -0.1) is 3.89 Å². The van der Waals surface area contributed by atoms with Crippen LogP contribution < -0.4 is 0 Å². The van der Waals surface area contributed by atoms with Gasteiger partial charge in [0.2, 0.25) is 5.91 Å². The number of likely N-dealkylation sites (tertiary alicyclic amines) is 1. The van der Waals surface area contributed by atoms with Gasteiger partial charge in [-0.05, 0) is 0 Å². The summed E-state index contributed by atoms with van der Waals surface area (Å²) in [4.78, 5) is 11.9. The molecule has 1 unspecified atom stereocenters. The zero-order valence-electron chi connectivity index (χ0n) is 7.70. The lowest BCUT2D eigenvalue weighted by molar-refractivity contribution is -0.129. The highest BCUT2D eigenvalue weighted by molar-refractivity contribution is 7.86. The Bertz CT molecular complexity index is 343. The fraction of sp³-hybridized carbons (Fsp3) is 0.857. The van der Waals surface area contributed by atoms with Gasteiger partial charge in [0.15, 0.2) is 0 Å². The van der Waals surface area contributed by atoms with Crippen LogP contribution in [-0.2, 0) is 15.0 Å². The third-order valence-corrected chi connectivity index (χ3v) is 2.96. The van der Waals surface area contributed by atoms with Gasteiger partial charge in [-0.2, -0.15) is 8.42 Å². The second kappa shape index (κ2) is 4.38. The van der Waals surface area contributed by atoms with E-state index in [0.29, 0.717) is 0 Å². The van der Waals surface area contributed by atoms with Crippen LogP contribution in [0.1, 0.15) is 6.42 Å². The molecule has 1 saturated heterocycles. The van der Waals surface area contributed by atoms with E-state index < -0.39 is 40.8 Å². The van der Waals surface area contributed by atoms with Gasteiger partial charge in [0, 0.05) is 18.9 Å². The second-order valence-electron chi connectivity index (χ2n) is 3.47. The summed E-state index contributed by atoms with van der Waals surface area (Å²) in [6.07, 6.45) is -2.84. The average Bonchev–Trinajstić information content (AvgIpc) is 2.26. The first-order chi connectivity index (χ1) is 6.78. The van der Waals surface area contributed by atoms with Crippen molar-refractivity contribution in [2.75, 3.05) is 18.8 Å². The van der Waals surface area contributed by atoms with Crippen LogP contribution >= 0.6 is 0 Å². The van der Waals surface area contributed by atoms with E-state index in [4.69, 9.17) is 0 Å². The lowest BCUT2D eigenvalue weighted by Crippen LogP contribution is -2.30. The first-order valence-electron chi connectivity index (χ1n) is 4.26. The number of hydrogen-bond donors (Lipinski definition) is 0. The second-order valence-corrected chi connectivity index (χ2v) is 4.88. The van der Waals surface area contributed by atoms with Crippen LogP contribution in [0.5, 0.6) is 0 Å². The van der Waals surface area contributed by atoms with E-state index in [-0.39, 0.29) is 13.0 Å².